The quantitative estimate of drug-likeness (QED) is 0.330. The van der Waals surface area contributed by atoms with Gasteiger partial charge in [-0.2, -0.15) is 0 Å². The third-order valence-electron chi connectivity index (χ3n) is 4.81. The number of guanidine groups is 1. The molecule has 1 heterocycles. The van der Waals surface area contributed by atoms with Crippen LogP contribution in [-0.4, -0.2) is 49.2 Å². The molecule has 0 saturated carbocycles. The summed E-state index contributed by atoms with van der Waals surface area (Å²) in [6, 6.07) is 8.70. The van der Waals surface area contributed by atoms with E-state index in [0.717, 1.165) is 17.3 Å². The molecule has 1 aromatic rings. The molecule has 6 heteroatoms. The van der Waals surface area contributed by atoms with Crippen molar-refractivity contribution in [1.82, 2.24) is 15.5 Å². The van der Waals surface area contributed by atoms with Gasteiger partial charge >= 0.3 is 0 Å². The second kappa shape index (κ2) is 12.5. The number of unbranched alkanes of at least 4 members (excludes halogenated alkanes) is 1. The van der Waals surface area contributed by atoms with Crippen molar-refractivity contribution in [3.8, 4) is 5.75 Å². The van der Waals surface area contributed by atoms with Crippen molar-refractivity contribution in [2.45, 2.75) is 71.6 Å². The monoisotopic (exact) mass is 502 g/mol. The Morgan fingerprint density at radius 2 is 1.89 bits per heavy atom. The Bertz CT molecular complexity index is 592. The van der Waals surface area contributed by atoms with Crippen LogP contribution in [0.15, 0.2) is 29.3 Å². The van der Waals surface area contributed by atoms with Gasteiger partial charge in [0.15, 0.2) is 5.96 Å². The summed E-state index contributed by atoms with van der Waals surface area (Å²) in [5.74, 6) is 1.80. The van der Waals surface area contributed by atoms with Crippen LogP contribution in [-0.2, 0) is 6.54 Å². The van der Waals surface area contributed by atoms with Gasteiger partial charge in [0, 0.05) is 38.3 Å². The number of nitrogens with one attached hydrogen (secondary N) is 2. The molecule has 28 heavy (non-hydrogen) atoms. The van der Waals surface area contributed by atoms with E-state index in [2.05, 4.69) is 60.4 Å². The number of hydrogen-bond donors (Lipinski definition) is 2. The molecule has 2 rings (SSSR count). The van der Waals surface area contributed by atoms with E-state index >= 15 is 0 Å². The number of halogens is 1. The lowest BCUT2D eigenvalue weighted by atomic mass is 10.0. The van der Waals surface area contributed by atoms with Crippen molar-refractivity contribution in [2.24, 2.45) is 4.99 Å². The number of hydrogen-bond acceptors (Lipinski definition) is 3. The third-order valence-corrected chi connectivity index (χ3v) is 4.81. The summed E-state index contributed by atoms with van der Waals surface area (Å²) >= 11 is 0. The van der Waals surface area contributed by atoms with Crippen molar-refractivity contribution < 1.29 is 4.74 Å². The summed E-state index contributed by atoms with van der Waals surface area (Å²) in [6.07, 6.45) is 4.93. The van der Waals surface area contributed by atoms with Crippen LogP contribution in [0.2, 0.25) is 0 Å². The molecule has 1 saturated heterocycles. The van der Waals surface area contributed by atoms with Gasteiger partial charge in [-0.3, -0.25) is 4.99 Å². The predicted molar refractivity (Wildman–Crippen MR) is 130 cm³/mol. The molecule has 0 unspecified atom stereocenters. The molecule has 0 atom stereocenters. The Labute approximate surface area is 188 Å². The van der Waals surface area contributed by atoms with E-state index in [4.69, 9.17) is 4.74 Å². The first-order chi connectivity index (χ1) is 12.9. The lowest BCUT2D eigenvalue weighted by Gasteiger charge is -2.33. The number of para-hydroxylation sites is 1. The molecular weight excluding hydrogens is 463 g/mol. The van der Waals surface area contributed by atoms with Crippen LogP contribution in [0, 0.1) is 0 Å². The lowest BCUT2D eigenvalue weighted by Crippen LogP contribution is -2.48. The zero-order chi connectivity index (χ0) is 19.7. The summed E-state index contributed by atoms with van der Waals surface area (Å²) in [4.78, 5) is 6.99. The van der Waals surface area contributed by atoms with Crippen LogP contribution in [0.1, 0.15) is 58.9 Å². The van der Waals surface area contributed by atoms with E-state index in [1.54, 1.807) is 0 Å². The van der Waals surface area contributed by atoms with E-state index < -0.39 is 0 Å². The van der Waals surface area contributed by atoms with Gasteiger partial charge in [-0.15, -0.1) is 24.0 Å². The minimum atomic E-state index is -0.207. The van der Waals surface area contributed by atoms with E-state index in [0.29, 0.717) is 12.6 Å². The lowest BCUT2D eigenvalue weighted by molar-refractivity contribution is 0.129. The van der Waals surface area contributed by atoms with Gasteiger partial charge in [0.1, 0.15) is 11.4 Å². The number of rotatable bonds is 7. The van der Waals surface area contributed by atoms with Crippen molar-refractivity contribution >= 4 is 29.9 Å². The third kappa shape index (κ3) is 8.99. The first kappa shape index (κ1) is 25.0. The van der Waals surface area contributed by atoms with E-state index in [-0.39, 0.29) is 29.6 Å². The molecule has 1 aromatic carbocycles. The summed E-state index contributed by atoms with van der Waals surface area (Å²) in [7, 11) is 1.84. The highest BCUT2D eigenvalue weighted by Crippen LogP contribution is 2.22. The minimum absolute atomic E-state index is 0. The summed E-state index contributed by atoms with van der Waals surface area (Å²) in [6.45, 7) is 12.8. The maximum atomic E-state index is 6.09. The summed E-state index contributed by atoms with van der Waals surface area (Å²) in [5, 5.41) is 7.04. The number of benzene rings is 1. The number of aliphatic imine (C=N–C) groups is 1. The van der Waals surface area contributed by atoms with Crippen LogP contribution < -0.4 is 15.4 Å². The molecule has 1 fully saturated rings. The van der Waals surface area contributed by atoms with Crippen molar-refractivity contribution in [3.05, 3.63) is 29.8 Å². The average Bonchev–Trinajstić information content (AvgIpc) is 2.64. The first-order valence-electron chi connectivity index (χ1n) is 10.4. The zero-order valence-electron chi connectivity index (χ0n) is 18.3. The average molecular weight is 502 g/mol. The Balaban J connectivity index is 0.00000392. The Morgan fingerprint density at radius 3 is 2.50 bits per heavy atom. The van der Waals surface area contributed by atoms with Gasteiger partial charge < -0.3 is 20.3 Å². The molecule has 1 aliphatic heterocycles. The number of nitrogens with zero attached hydrogens (tertiary/aromatic N) is 2. The SMILES string of the molecule is CCCCN1CCC(NC(=NC)NCc2ccccc2OC(C)(C)C)CC1.I. The number of likely N-dealkylation sites (tertiary alicyclic amines) is 1. The number of piperidine rings is 1. The molecule has 5 nitrogen and oxygen atoms in total. The van der Waals surface area contributed by atoms with Crippen LogP contribution in [0.4, 0.5) is 0 Å². The van der Waals surface area contributed by atoms with Crippen LogP contribution in [0.25, 0.3) is 0 Å². The highest BCUT2D eigenvalue weighted by atomic mass is 127. The van der Waals surface area contributed by atoms with Gasteiger partial charge in [-0.25, -0.2) is 0 Å². The topological polar surface area (TPSA) is 48.9 Å². The van der Waals surface area contributed by atoms with E-state index in [1.807, 2.05) is 19.2 Å². The normalized spacial score (nSPS) is 16.4. The fourth-order valence-corrected chi connectivity index (χ4v) is 3.33. The maximum absolute atomic E-state index is 6.09. The molecule has 0 aromatic heterocycles. The highest BCUT2D eigenvalue weighted by Gasteiger charge is 2.20. The van der Waals surface area contributed by atoms with E-state index in [1.165, 1.54) is 45.3 Å². The van der Waals surface area contributed by atoms with Gasteiger partial charge in [0.2, 0.25) is 0 Å². The van der Waals surface area contributed by atoms with Crippen LogP contribution >= 0.6 is 24.0 Å². The zero-order valence-corrected chi connectivity index (χ0v) is 20.6. The molecule has 2 N–H and O–H groups in total. The fourth-order valence-electron chi connectivity index (χ4n) is 3.33. The second-order valence-corrected chi connectivity index (χ2v) is 8.36. The molecular formula is C22H39IN4O. The predicted octanol–water partition coefficient (Wildman–Crippen LogP) is 4.41. The maximum Gasteiger partial charge on any atom is 0.191 e. The van der Waals surface area contributed by atoms with Crippen molar-refractivity contribution in [2.75, 3.05) is 26.7 Å². The molecule has 0 radical (unpaired) electrons. The minimum Gasteiger partial charge on any atom is -0.488 e. The van der Waals surface area contributed by atoms with Crippen LogP contribution in [0.5, 0.6) is 5.75 Å². The Kier molecular flexibility index (Phi) is 11.2. The Hall–Kier alpha value is -1.02. The largest absolute Gasteiger partial charge is 0.488 e. The fraction of sp³-hybridized carbons (Fsp3) is 0.682. The molecule has 0 bridgehead atoms. The van der Waals surface area contributed by atoms with Gasteiger partial charge in [-0.1, -0.05) is 31.5 Å². The molecule has 0 amide bonds. The smallest absolute Gasteiger partial charge is 0.191 e. The molecule has 160 valence electrons. The summed E-state index contributed by atoms with van der Waals surface area (Å²) in [5.41, 5.74) is 0.937. The molecule has 0 spiro atoms. The van der Waals surface area contributed by atoms with Gasteiger partial charge in [-0.05, 0) is 52.6 Å². The number of ether oxygens (including phenoxy) is 1. The van der Waals surface area contributed by atoms with Crippen molar-refractivity contribution in [1.29, 1.82) is 0 Å². The molecule has 1 aliphatic rings. The highest BCUT2D eigenvalue weighted by molar-refractivity contribution is 14.0. The van der Waals surface area contributed by atoms with Gasteiger partial charge in [0.25, 0.3) is 0 Å². The van der Waals surface area contributed by atoms with Gasteiger partial charge in [0.05, 0.1) is 0 Å². The molecule has 0 aliphatic carbocycles. The van der Waals surface area contributed by atoms with E-state index in [9.17, 15) is 0 Å². The second-order valence-electron chi connectivity index (χ2n) is 8.36. The van der Waals surface area contributed by atoms with Crippen molar-refractivity contribution in [3.63, 3.8) is 0 Å². The standard InChI is InChI=1S/C22H38N4O.HI/c1-6-7-14-26-15-12-19(13-16-26)25-21(23-5)24-17-18-10-8-9-11-20(18)27-22(2,3)4;/h8-11,19H,6-7,12-17H2,1-5H3,(H2,23,24,25);1H. The summed E-state index contributed by atoms with van der Waals surface area (Å²) < 4.78 is 6.09. The Morgan fingerprint density at radius 1 is 1.21 bits per heavy atom. The first-order valence-corrected chi connectivity index (χ1v) is 10.4. The van der Waals surface area contributed by atoms with Crippen LogP contribution in [0.3, 0.4) is 0 Å².